The van der Waals surface area contributed by atoms with Crippen LogP contribution >= 0.6 is 0 Å². The van der Waals surface area contributed by atoms with E-state index in [9.17, 15) is 9.59 Å². The van der Waals surface area contributed by atoms with E-state index in [2.05, 4.69) is 5.32 Å². The summed E-state index contributed by atoms with van der Waals surface area (Å²) >= 11 is 0. The van der Waals surface area contributed by atoms with Gasteiger partial charge in [-0.3, -0.25) is 4.79 Å². The maximum absolute atomic E-state index is 12.6. The van der Waals surface area contributed by atoms with Gasteiger partial charge in [-0.1, -0.05) is 30.3 Å². The first-order chi connectivity index (χ1) is 12.7. The van der Waals surface area contributed by atoms with Crippen molar-refractivity contribution in [1.82, 2.24) is 5.32 Å². The lowest BCUT2D eigenvalue weighted by Crippen LogP contribution is -2.33. The van der Waals surface area contributed by atoms with Crippen LogP contribution in [0.4, 0.5) is 0 Å². The van der Waals surface area contributed by atoms with Crippen LogP contribution in [0.15, 0.2) is 48.5 Å². The van der Waals surface area contributed by atoms with Crippen LogP contribution in [-0.2, 0) is 9.53 Å². The largest absolute Gasteiger partial charge is 0.486 e. The van der Waals surface area contributed by atoms with Gasteiger partial charge in [-0.15, -0.1) is 0 Å². The zero-order valence-electron chi connectivity index (χ0n) is 14.1. The smallest absolute Gasteiger partial charge is 0.339 e. The molecule has 1 atom stereocenters. The van der Waals surface area contributed by atoms with Crippen molar-refractivity contribution in [2.24, 2.45) is 0 Å². The quantitative estimate of drug-likeness (QED) is 0.837. The van der Waals surface area contributed by atoms with Crippen LogP contribution in [0.25, 0.3) is 0 Å². The van der Waals surface area contributed by atoms with Crippen molar-refractivity contribution in [3.63, 3.8) is 0 Å². The molecule has 2 aliphatic rings. The third-order valence-electron chi connectivity index (χ3n) is 4.27. The number of carbonyl (C=O) groups excluding carboxylic acids is 2. The molecule has 1 amide bonds. The monoisotopic (exact) mass is 353 g/mol. The first-order valence-electron chi connectivity index (χ1n) is 8.66. The third kappa shape index (κ3) is 3.64. The highest BCUT2D eigenvalue weighted by atomic mass is 16.6. The van der Waals surface area contributed by atoms with Gasteiger partial charge in [-0.2, -0.15) is 0 Å². The lowest BCUT2D eigenvalue weighted by molar-refractivity contribution is -0.130. The van der Waals surface area contributed by atoms with Crippen molar-refractivity contribution in [3.8, 4) is 11.5 Å². The van der Waals surface area contributed by atoms with Crippen molar-refractivity contribution >= 4 is 11.9 Å². The lowest BCUT2D eigenvalue weighted by atomic mass is 10.1. The first-order valence-corrected chi connectivity index (χ1v) is 8.66. The average molecular weight is 353 g/mol. The van der Waals surface area contributed by atoms with Crippen molar-refractivity contribution in [3.05, 3.63) is 59.7 Å². The standard InChI is InChI=1S/C20H19NO5/c22-19(21-15-7-8-15)18(13-4-2-1-3-5-13)26-20(23)14-6-9-16-17(12-14)25-11-10-24-16/h1-6,9,12,15,18H,7-8,10-11H2,(H,21,22)/t18-/m1/s1. The molecule has 2 aromatic rings. The molecule has 6 nitrogen and oxygen atoms in total. The van der Waals surface area contributed by atoms with Crippen LogP contribution in [0.3, 0.4) is 0 Å². The van der Waals surface area contributed by atoms with Crippen LogP contribution in [0, 0.1) is 0 Å². The van der Waals surface area contributed by atoms with Crippen LogP contribution < -0.4 is 14.8 Å². The normalized spacial score (nSPS) is 16.5. The zero-order valence-corrected chi connectivity index (χ0v) is 14.1. The SMILES string of the molecule is O=C(O[C@@H](C(=O)NC1CC1)c1ccccc1)c1ccc2c(c1)OCCO2. The molecule has 26 heavy (non-hydrogen) atoms. The summed E-state index contributed by atoms with van der Waals surface area (Å²) in [6.07, 6.45) is 0.935. The molecule has 1 saturated carbocycles. The van der Waals surface area contributed by atoms with Gasteiger partial charge >= 0.3 is 5.97 Å². The number of fused-ring (bicyclic) bond motifs is 1. The van der Waals surface area contributed by atoms with Crippen molar-refractivity contribution < 1.29 is 23.8 Å². The van der Waals surface area contributed by atoms with E-state index >= 15 is 0 Å². The summed E-state index contributed by atoms with van der Waals surface area (Å²) in [5, 5.41) is 2.90. The number of amides is 1. The number of esters is 1. The summed E-state index contributed by atoms with van der Waals surface area (Å²) in [6.45, 7) is 0.913. The maximum Gasteiger partial charge on any atom is 0.339 e. The fraction of sp³-hybridized carbons (Fsp3) is 0.300. The van der Waals surface area contributed by atoms with Crippen LogP contribution in [0.1, 0.15) is 34.9 Å². The molecule has 1 aliphatic heterocycles. The summed E-state index contributed by atoms with van der Waals surface area (Å²) in [6, 6.07) is 14.1. The summed E-state index contributed by atoms with van der Waals surface area (Å²) in [5.41, 5.74) is 0.950. The number of hydrogen-bond acceptors (Lipinski definition) is 5. The molecular formula is C20H19NO5. The third-order valence-corrected chi connectivity index (χ3v) is 4.27. The predicted octanol–water partition coefficient (Wildman–Crippen LogP) is 2.63. The Labute approximate surface area is 151 Å². The van der Waals surface area contributed by atoms with E-state index in [0.29, 0.717) is 35.8 Å². The second kappa shape index (κ2) is 7.07. The minimum atomic E-state index is -0.988. The highest BCUT2D eigenvalue weighted by molar-refractivity contribution is 5.93. The van der Waals surface area contributed by atoms with Gasteiger partial charge < -0.3 is 19.5 Å². The maximum atomic E-state index is 12.6. The second-order valence-electron chi connectivity index (χ2n) is 6.34. The van der Waals surface area contributed by atoms with E-state index in [0.717, 1.165) is 12.8 Å². The van der Waals surface area contributed by atoms with E-state index < -0.39 is 12.1 Å². The number of hydrogen-bond donors (Lipinski definition) is 1. The number of rotatable bonds is 5. The van der Waals surface area contributed by atoms with E-state index in [1.165, 1.54) is 0 Å². The average Bonchev–Trinajstić information content (AvgIpc) is 3.50. The van der Waals surface area contributed by atoms with E-state index in [1.807, 2.05) is 18.2 Å². The van der Waals surface area contributed by atoms with Gasteiger partial charge in [0.25, 0.3) is 5.91 Å². The minimum absolute atomic E-state index is 0.182. The van der Waals surface area contributed by atoms with Crippen molar-refractivity contribution in [2.45, 2.75) is 25.0 Å². The highest BCUT2D eigenvalue weighted by Gasteiger charge is 2.31. The van der Waals surface area contributed by atoms with Gasteiger partial charge in [0, 0.05) is 11.6 Å². The van der Waals surface area contributed by atoms with Gasteiger partial charge in [0.15, 0.2) is 11.5 Å². The van der Waals surface area contributed by atoms with Crippen LogP contribution in [0.5, 0.6) is 11.5 Å². The molecule has 6 heteroatoms. The Kier molecular flexibility index (Phi) is 4.48. The van der Waals surface area contributed by atoms with Crippen molar-refractivity contribution in [1.29, 1.82) is 0 Å². The molecular weight excluding hydrogens is 334 g/mol. The molecule has 0 aromatic heterocycles. The van der Waals surface area contributed by atoms with E-state index in [-0.39, 0.29) is 11.9 Å². The Balaban J connectivity index is 1.54. The topological polar surface area (TPSA) is 73.9 Å². The molecule has 0 saturated heterocycles. The van der Waals surface area contributed by atoms with E-state index in [4.69, 9.17) is 14.2 Å². The van der Waals surface area contributed by atoms with Crippen molar-refractivity contribution in [2.75, 3.05) is 13.2 Å². The fourth-order valence-electron chi connectivity index (χ4n) is 2.75. The molecule has 0 spiro atoms. The Morgan fingerprint density at radius 3 is 2.46 bits per heavy atom. The summed E-state index contributed by atoms with van der Waals surface area (Å²) in [7, 11) is 0. The summed E-state index contributed by atoms with van der Waals surface area (Å²) in [4.78, 5) is 25.2. The Morgan fingerprint density at radius 1 is 1.00 bits per heavy atom. The van der Waals surface area contributed by atoms with Gasteiger partial charge in [-0.05, 0) is 31.0 Å². The molecule has 1 heterocycles. The van der Waals surface area contributed by atoms with Crippen LogP contribution in [0.2, 0.25) is 0 Å². The first kappa shape index (κ1) is 16.4. The van der Waals surface area contributed by atoms with Gasteiger partial charge in [-0.25, -0.2) is 4.79 Å². The second-order valence-corrected chi connectivity index (χ2v) is 6.34. The number of carbonyl (C=O) groups is 2. The van der Waals surface area contributed by atoms with Gasteiger partial charge in [0.05, 0.1) is 5.56 Å². The molecule has 1 aliphatic carbocycles. The molecule has 0 bridgehead atoms. The Bertz CT molecular complexity index is 816. The Hall–Kier alpha value is -3.02. The molecule has 134 valence electrons. The number of benzene rings is 2. The highest BCUT2D eigenvalue weighted by Crippen LogP contribution is 2.31. The minimum Gasteiger partial charge on any atom is -0.486 e. The van der Waals surface area contributed by atoms with Crippen LogP contribution in [-0.4, -0.2) is 31.1 Å². The molecule has 4 rings (SSSR count). The lowest BCUT2D eigenvalue weighted by Gasteiger charge is -2.20. The molecule has 0 radical (unpaired) electrons. The molecule has 1 fully saturated rings. The van der Waals surface area contributed by atoms with Gasteiger partial charge in [0.1, 0.15) is 13.2 Å². The van der Waals surface area contributed by atoms with E-state index in [1.54, 1.807) is 30.3 Å². The molecule has 0 unspecified atom stereocenters. The fourth-order valence-corrected chi connectivity index (χ4v) is 2.75. The number of nitrogens with one attached hydrogen (secondary N) is 1. The van der Waals surface area contributed by atoms with Gasteiger partial charge in [0.2, 0.25) is 6.10 Å². The predicted molar refractivity (Wildman–Crippen MR) is 93.2 cm³/mol. The zero-order chi connectivity index (χ0) is 17.9. The molecule has 2 aromatic carbocycles. The Morgan fingerprint density at radius 2 is 1.73 bits per heavy atom. The summed E-state index contributed by atoms with van der Waals surface area (Å²) in [5.74, 6) is 0.217. The molecule has 1 N–H and O–H groups in total. The number of ether oxygens (including phenoxy) is 3. The summed E-state index contributed by atoms with van der Waals surface area (Å²) < 4.78 is 16.5.